The van der Waals surface area contributed by atoms with Crippen LogP contribution in [-0.2, 0) is 16.1 Å². The summed E-state index contributed by atoms with van der Waals surface area (Å²) < 4.78 is 58.4. The Morgan fingerprint density at radius 2 is 1.85 bits per heavy atom. The number of nitrogens with one attached hydrogen (secondary N) is 2. The van der Waals surface area contributed by atoms with Gasteiger partial charge in [0.15, 0.2) is 11.5 Å². The van der Waals surface area contributed by atoms with E-state index in [0.717, 1.165) is 21.3 Å². The van der Waals surface area contributed by atoms with Crippen LogP contribution in [0.15, 0.2) is 52.5 Å². The fourth-order valence-corrected chi connectivity index (χ4v) is 8.21. The third-order valence-electron chi connectivity index (χ3n) is 10.4. The van der Waals surface area contributed by atoms with Gasteiger partial charge in [0, 0.05) is 77.1 Å². The maximum absolute atomic E-state index is 13.9. The Hall–Kier alpha value is -4.66. The van der Waals surface area contributed by atoms with Gasteiger partial charge in [-0.25, -0.2) is 4.98 Å². The average molecular weight is 756 g/mol. The predicted octanol–water partition coefficient (Wildman–Crippen LogP) is 6.51. The minimum absolute atomic E-state index is 0.000402. The van der Waals surface area contributed by atoms with E-state index < -0.39 is 29.8 Å². The van der Waals surface area contributed by atoms with E-state index in [1.165, 1.54) is 18.8 Å². The molecule has 4 heterocycles. The maximum Gasteiger partial charge on any atom is 0.471 e. The molecule has 2 aliphatic heterocycles. The average Bonchev–Trinajstić information content (AvgIpc) is 3.48. The van der Waals surface area contributed by atoms with Gasteiger partial charge in [-0.1, -0.05) is 6.58 Å². The van der Waals surface area contributed by atoms with Gasteiger partial charge in [0.2, 0.25) is 0 Å². The number of H-pyrrole nitrogens is 1. The summed E-state index contributed by atoms with van der Waals surface area (Å²) in [6, 6.07) is 6.81. The van der Waals surface area contributed by atoms with E-state index >= 15 is 0 Å². The van der Waals surface area contributed by atoms with Crippen molar-refractivity contribution in [3.8, 4) is 22.6 Å². The molecule has 11 nitrogen and oxygen atoms in total. The molecule has 1 saturated heterocycles. The number of nitrogens with zero attached hydrogens (tertiary/aromatic N) is 3. The number of benzene rings is 1. The standard InChI is InChI=1S/C38H44F3N5O6S/c1-20-14-30(53-7)29(35(48)44-20)17-43-34(47)27-15-28(24-8-13-31(42-16-24)46-18-21(2)50-22(3)19-46)33-32(23(27)4)51-37(5,52-33)25-9-11-26(12-10-25)45(6)36(49)38(39,40)41/h8,13-16,22,25-26H,2,9-12,17-19H2,1,3-7H3,(H,43,47)(H,44,48)/t22-,25?,26?,37?/m1/s1. The van der Waals surface area contributed by atoms with Crippen LogP contribution in [0.1, 0.15) is 66.7 Å². The first-order valence-electron chi connectivity index (χ1n) is 17.5. The third kappa shape index (κ3) is 7.71. The zero-order chi connectivity index (χ0) is 38.4. The van der Waals surface area contributed by atoms with Gasteiger partial charge in [-0.05, 0) is 77.0 Å². The molecule has 3 aliphatic rings. The van der Waals surface area contributed by atoms with Gasteiger partial charge in [0.1, 0.15) is 17.7 Å². The number of amides is 2. The van der Waals surface area contributed by atoms with Gasteiger partial charge in [-0.15, -0.1) is 11.8 Å². The lowest BCUT2D eigenvalue weighted by atomic mass is 9.81. The van der Waals surface area contributed by atoms with Crippen LogP contribution >= 0.6 is 11.8 Å². The zero-order valence-electron chi connectivity index (χ0n) is 30.6. The molecular formula is C38H44F3N5O6S. The van der Waals surface area contributed by atoms with Crippen LogP contribution in [0.5, 0.6) is 11.5 Å². The highest BCUT2D eigenvalue weighted by Gasteiger charge is 2.49. The summed E-state index contributed by atoms with van der Waals surface area (Å²) in [5.41, 5.74) is 2.98. The van der Waals surface area contributed by atoms with E-state index in [0.29, 0.717) is 83.8 Å². The SMILES string of the molecule is C=C1CN(c2ccc(-c3cc(C(=O)NCc4c(SC)cc(C)[nH]c4=O)c(C)c4c3OC(C)(C3CCC(N(C)C(=O)C(F)(F)F)CC3)O4)cn2)C[C@@H](C)O1. The van der Waals surface area contributed by atoms with E-state index in [4.69, 9.17) is 19.2 Å². The fraction of sp³-hybridized carbons (Fsp3) is 0.474. The molecule has 0 spiro atoms. The fourth-order valence-electron chi connectivity index (χ4n) is 7.51. The van der Waals surface area contributed by atoms with Crippen molar-refractivity contribution in [2.75, 3.05) is 31.3 Å². The number of rotatable bonds is 8. The van der Waals surface area contributed by atoms with E-state index in [-0.39, 0.29) is 24.1 Å². The van der Waals surface area contributed by atoms with E-state index in [9.17, 15) is 27.6 Å². The zero-order valence-corrected chi connectivity index (χ0v) is 31.4. The van der Waals surface area contributed by atoms with Gasteiger partial charge in [0.25, 0.3) is 17.3 Å². The molecule has 6 rings (SSSR count). The topological polar surface area (TPSA) is 126 Å². The van der Waals surface area contributed by atoms with E-state index in [1.54, 1.807) is 33.0 Å². The number of fused-ring (bicyclic) bond motifs is 1. The minimum atomic E-state index is -4.94. The van der Waals surface area contributed by atoms with Gasteiger partial charge >= 0.3 is 12.1 Å². The number of halogens is 3. The molecule has 1 aliphatic carbocycles. The molecule has 53 heavy (non-hydrogen) atoms. The highest BCUT2D eigenvalue weighted by Crippen LogP contribution is 2.53. The summed E-state index contributed by atoms with van der Waals surface area (Å²) in [6.07, 6.45) is 0.176. The normalized spacial score (nSPS) is 22.7. The summed E-state index contributed by atoms with van der Waals surface area (Å²) in [4.78, 5) is 49.8. The molecule has 0 radical (unpaired) electrons. The van der Waals surface area contributed by atoms with Gasteiger partial charge in [-0.2, -0.15) is 13.2 Å². The molecule has 284 valence electrons. The first kappa shape index (κ1) is 38.1. The lowest BCUT2D eigenvalue weighted by Crippen LogP contribution is -2.49. The predicted molar refractivity (Wildman–Crippen MR) is 195 cm³/mol. The monoisotopic (exact) mass is 755 g/mol. The molecule has 1 aromatic carbocycles. The molecule has 2 N–H and O–H groups in total. The Balaban J connectivity index is 1.31. The number of pyridine rings is 2. The van der Waals surface area contributed by atoms with Gasteiger partial charge < -0.3 is 34.3 Å². The molecule has 3 aromatic rings. The molecule has 1 saturated carbocycles. The Labute approximate surface area is 310 Å². The van der Waals surface area contributed by atoms with E-state index in [2.05, 4.69) is 21.8 Å². The molecular weight excluding hydrogens is 712 g/mol. The highest BCUT2D eigenvalue weighted by molar-refractivity contribution is 7.98. The van der Waals surface area contributed by atoms with Gasteiger partial charge in [-0.3, -0.25) is 14.4 Å². The first-order valence-corrected chi connectivity index (χ1v) is 18.7. The smallest absolute Gasteiger partial charge is 0.471 e. The number of aromatic nitrogens is 2. The van der Waals surface area contributed by atoms with Crippen LogP contribution < -0.4 is 25.2 Å². The summed E-state index contributed by atoms with van der Waals surface area (Å²) in [7, 11) is 1.19. The number of aryl methyl sites for hydroxylation is 1. The molecule has 15 heteroatoms. The number of alkyl halides is 3. The number of ether oxygens (including phenoxy) is 3. The minimum Gasteiger partial charge on any atom is -0.492 e. The van der Waals surface area contributed by atoms with Crippen molar-refractivity contribution in [1.82, 2.24) is 20.2 Å². The van der Waals surface area contributed by atoms with Crippen molar-refractivity contribution < 1.29 is 37.0 Å². The summed E-state index contributed by atoms with van der Waals surface area (Å²) in [6.45, 7) is 12.4. The second-order valence-electron chi connectivity index (χ2n) is 14.2. The van der Waals surface area contributed by atoms with Gasteiger partial charge in [0.05, 0.1) is 13.1 Å². The third-order valence-corrected chi connectivity index (χ3v) is 11.2. The van der Waals surface area contributed by atoms with Crippen LogP contribution in [-0.4, -0.2) is 77.2 Å². The van der Waals surface area contributed by atoms with Crippen molar-refractivity contribution in [2.24, 2.45) is 5.92 Å². The summed E-state index contributed by atoms with van der Waals surface area (Å²) in [5, 5.41) is 2.92. The number of thioether (sulfide) groups is 1. The number of morpholine rings is 1. The molecule has 2 atom stereocenters. The molecule has 1 unspecified atom stereocenters. The van der Waals surface area contributed by atoms with Crippen LogP contribution in [0, 0.1) is 19.8 Å². The Bertz CT molecular complexity index is 1980. The number of hydrogen-bond acceptors (Lipinski definition) is 9. The highest BCUT2D eigenvalue weighted by atomic mass is 32.2. The second kappa shape index (κ2) is 14.6. The molecule has 2 aromatic heterocycles. The number of carbonyl (C=O) groups is 2. The number of aromatic amines is 1. The molecule has 0 bridgehead atoms. The van der Waals surface area contributed by atoms with Crippen molar-refractivity contribution in [3.63, 3.8) is 0 Å². The second-order valence-corrected chi connectivity index (χ2v) is 15.0. The molecule has 2 fully saturated rings. The molecule has 2 amide bonds. The first-order chi connectivity index (χ1) is 25.0. The van der Waals surface area contributed by atoms with Crippen LogP contribution in [0.3, 0.4) is 0 Å². The maximum atomic E-state index is 13.9. The lowest BCUT2D eigenvalue weighted by Gasteiger charge is -2.40. The quantitative estimate of drug-likeness (QED) is 0.248. The van der Waals surface area contributed by atoms with Crippen molar-refractivity contribution in [2.45, 2.75) is 88.9 Å². The van der Waals surface area contributed by atoms with Crippen LogP contribution in [0.25, 0.3) is 11.1 Å². The Morgan fingerprint density at radius 1 is 1.15 bits per heavy atom. The van der Waals surface area contributed by atoms with Crippen molar-refractivity contribution in [1.29, 1.82) is 0 Å². The Morgan fingerprint density at radius 3 is 2.47 bits per heavy atom. The number of carbonyl (C=O) groups excluding carboxylic acids is 2. The Kier molecular flexibility index (Phi) is 10.5. The van der Waals surface area contributed by atoms with Crippen LogP contribution in [0.4, 0.5) is 19.0 Å². The van der Waals surface area contributed by atoms with Crippen molar-refractivity contribution in [3.05, 3.63) is 75.5 Å². The van der Waals surface area contributed by atoms with E-state index in [1.807, 2.05) is 31.4 Å². The summed E-state index contributed by atoms with van der Waals surface area (Å²) >= 11 is 1.42. The number of hydrogen-bond donors (Lipinski definition) is 2. The lowest BCUT2D eigenvalue weighted by molar-refractivity contribution is -0.187. The number of anilines is 1. The van der Waals surface area contributed by atoms with Crippen molar-refractivity contribution >= 4 is 29.4 Å². The largest absolute Gasteiger partial charge is 0.492 e. The summed E-state index contributed by atoms with van der Waals surface area (Å²) in [5.74, 6) is -1.52. The van der Waals surface area contributed by atoms with Crippen LogP contribution in [0.2, 0.25) is 0 Å².